The SMILES string of the molecule is CC=CC1(NC(=O)Cc2ccccc2)C(=O)N2C(C(=O)OC(c3ccccc3)c3ccccc3)=CCS[C@H]21. The van der Waals surface area contributed by atoms with Crippen molar-refractivity contribution in [1.82, 2.24) is 10.2 Å². The lowest BCUT2D eigenvalue weighted by Crippen LogP contribution is -2.78. The van der Waals surface area contributed by atoms with Crippen molar-refractivity contribution in [2.24, 2.45) is 0 Å². The summed E-state index contributed by atoms with van der Waals surface area (Å²) >= 11 is 1.50. The second-order valence-electron chi connectivity index (χ2n) is 9.14. The third-order valence-electron chi connectivity index (χ3n) is 6.61. The van der Waals surface area contributed by atoms with Crippen molar-refractivity contribution >= 4 is 29.5 Å². The van der Waals surface area contributed by atoms with Gasteiger partial charge in [0.25, 0.3) is 5.91 Å². The number of fused-ring (bicyclic) bond motifs is 1. The molecule has 3 aromatic carbocycles. The van der Waals surface area contributed by atoms with Gasteiger partial charge in [0.1, 0.15) is 11.1 Å². The van der Waals surface area contributed by atoms with Crippen molar-refractivity contribution in [1.29, 1.82) is 0 Å². The summed E-state index contributed by atoms with van der Waals surface area (Å²) in [5, 5.41) is 2.51. The number of nitrogens with zero attached hydrogens (tertiary/aromatic N) is 1. The Labute approximate surface area is 226 Å². The van der Waals surface area contributed by atoms with Crippen molar-refractivity contribution in [2.75, 3.05) is 5.75 Å². The third kappa shape index (κ3) is 4.89. The number of hydrogen-bond acceptors (Lipinski definition) is 5. The van der Waals surface area contributed by atoms with Gasteiger partial charge in [-0.05, 0) is 29.7 Å². The maximum Gasteiger partial charge on any atom is 0.355 e. The van der Waals surface area contributed by atoms with Crippen LogP contribution in [0.4, 0.5) is 0 Å². The molecule has 1 unspecified atom stereocenters. The first-order valence-corrected chi connectivity index (χ1v) is 13.5. The summed E-state index contributed by atoms with van der Waals surface area (Å²) in [7, 11) is 0. The van der Waals surface area contributed by atoms with E-state index in [1.165, 1.54) is 16.7 Å². The van der Waals surface area contributed by atoms with Crippen LogP contribution in [0.3, 0.4) is 0 Å². The van der Waals surface area contributed by atoms with Crippen LogP contribution in [0.15, 0.2) is 115 Å². The molecule has 2 atom stereocenters. The largest absolute Gasteiger partial charge is 0.448 e. The van der Waals surface area contributed by atoms with Crippen LogP contribution in [0.2, 0.25) is 0 Å². The quantitative estimate of drug-likeness (QED) is 0.261. The number of β-lactam (4-membered cyclic amide) rings is 1. The van der Waals surface area contributed by atoms with E-state index in [4.69, 9.17) is 4.74 Å². The summed E-state index contributed by atoms with van der Waals surface area (Å²) in [6.07, 6.45) is 4.74. The van der Waals surface area contributed by atoms with Gasteiger partial charge in [0, 0.05) is 5.75 Å². The van der Waals surface area contributed by atoms with Crippen LogP contribution < -0.4 is 5.32 Å². The zero-order valence-corrected chi connectivity index (χ0v) is 21.8. The molecule has 2 aliphatic rings. The second kappa shape index (κ2) is 11.1. The molecule has 192 valence electrons. The Hall–Kier alpha value is -4.10. The number of rotatable bonds is 8. The van der Waals surface area contributed by atoms with E-state index in [9.17, 15) is 14.4 Å². The Morgan fingerprint density at radius 2 is 1.58 bits per heavy atom. The van der Waals surface area contributed by atoms with Gasteiger partial charge in [0.05, 0.1) is 6.42 Å². The monoisotopic (exact) mass is 524 g/mol. The molecule has 0 aromatic heterocycles. The van der Waals surface area contributed by atoms with Gasteiger partial charge >= 0.3 is 5.97 Å². The highest BCUT2D eigenvalue weighted by atomic mass is 32.2. The summed E-state index contributed by atoms with van der Waals surface area (Å²) in [5.41, 5.74) is 1.51. The van der Waals surface area contributed by atoms with E-state index in [1.807, 2.05) is 97.9 Å². The molecule has 0 spiro atoms. The molecule has 5 rings (SSSR count). The Balaban J connectivity index is 1.36. The minimum Gasteiger partial charge on any atom is -0.448 e. The molecule has 0 radical (unpaired) electrons. The molecule has 7 heteroatoms. The number of hydrogen-bond donors (Lipinski definition) is 1. The van der Waals surface area contributed by atoms with Crippen LogP contribution in [0.1, 0.15) is 29.7 Å². The van der Waals surface area contributed by atoms with E-state index < -0.39 is 23.0 Å². The molecule has 1 saturated heterocycles. The van der Waals surface area contributed by atoms with E-state index in [0.29, 0.717) is 5.75 Å². The zero-order valence-electron chi connectivity index (χ0n) is 20.9. The minimum absolute atomic E-state index is 0.158. The average molecular weight is 525 g/mol. The van der Waals surface area contributed by atoms with Crippen molar-refractivity contribution in [2.45, 2.75) is 30.4 Å². The molecular weight excluding hydrogens is 496 g/mol. The van der Waals surface area contributed by atoms with Crippen LogP contribution in [0.5, 0.6) is 0 Å². The van der Waals surface area contributed by atoms with E-state index in [-0.39, 0.29) is 23.9 Å². The summed E-state index contributed by atoms with van der Waals surface area (Å²) < 4.78 is 6.04. The molecule has 2 aliphatic heterocycles. The molecular formula is C31H28N2O4S. The first kappa shape index (κ1) is 25.5. The highest BCUT2D eigenvalue weighted by Crippen LogP contribution is 2.45. The summed E-state index contributed by atoms with van der Waals surface area (Å²) in [5.74, 6) is -0.678. The lowest BCUT2D eigenvalue weighted by molar-refractivity contribution is -0.158. The van der Waals surface area contributed by atoms with E-state index in [0.717, 1.165) is 16.7 Å². The molecule has 0 saturated carbocycles. The highest BCUT2D eigenvalue weighted by molar-refractivity contribution is 8.00. The van der Waals surface area contributed by atoms with Gasteiger partial charge in [0.2, 0.25) is 5.91 Å². The topological polar surface area (TPSA) is 75.7 Å². The predicted molar refractivity (Wildman–Crippen MR) is 148 cm³/mol. The number of allylic oxidation sites excluding steroid dienone is 1. The number of ether oxygens (including phenoxy) is 1. The molecule has 1 fully saturated rings. The molecule has 0 aliphatic carbocycles. The number of amides is 2. The van der Waals surface area contributed by atoms with Crippen LogP contribution in [0.25, 0.3) is 0 Å². The smallest absolute Gasteiger partial charge is 0.355 e. The Bertz CT molecular complexity index is 1340. The summed E-state index contributed by atoms with van der Waals surface area (Å²) in [6, 6.07) is 28.4. The predicted octanol–water partition coefficient (Wildman–Crippen LogP) is 4.79. The number of benzene rings is 3. The molecule has 3 aromatic rings. The fraction of sp³-hybridized carbons (Fsp3) is 0.194. The third-order valence-corrected chi connectivity index (χ3v) is 7.87. The normalized spacial score (nSPS) is 20.5. The summed E-state index contributed by atoms with van der Waals surface area (Å²) in [6.45, 7) is 1.81. The van der Waals surface area contributed by atoms with Gasteiger partial charge < -0.3 is 10.1 Å². The Kier molecular flexibility index (Phi) is 7.47. The van der Waals surface area contributed by atoms with Crippen molar-refractivity contribution in [3.05, 3.63) is 132 Å². The van der Waals surface area contributed by atoms with E-state index in [2.05, 4.69) is 5.32 Å². The van der Waals surface area contributed by atoms with Gasteiger partial charge in [-0.2, -0.15) is 0 Å². The van der Waals surface area contributed by atoms with E-state index >= 15 is 0 Å². The van der Waals surface area contributed by atoms with Crippen molar-refractivity contribution in [3.63, 3.8) is 0 Å². The summed E-state index contributed by atoms with van der Waals surface area (Å²) in [4.78, 5) is 41.6. The molecule has 2 heterocycles. The number of thioether (sulfide) groups is 1. The van der Waals surface area contributed by atoms with Crippen molar-refractivity contribution < 1.29 is 19.1 Å². The van der Waals surface area contributed by atoms with Crippen LogP contribution >= 0.6 is 11.8 Å². The van der Waals surface area contributed by atoms with Crippen molar-refractivity contribution in [3.8, 4) is 0 Å². The highest BCUT2D eigenvalue weighted by Gasteiger charge is 2.63. The average Bonchev–Trinajstić information content (AvgIpc) is 2.96. The number of carbonyl (C=O) groups excluding carboxylic acids is 3. The maximum atomic E-state index is 13.6. The molecule has 2 amide bonds. The number of nitrogens with one attached hydrogen (secondary N) is 1. The van der Waals surface area contributed by atoms with Gasteiger partial charge in [0.15, 0.2) is 11.6 Å². The standard InChI is InChI=1S/C31H28N2O4S/c1-2-19-31(32-26(34)21-22-12-6-3-7-13-22)29(36)33-25(18-20-38-30(31)33)28(35)37-27(23-14-8-4-9-15-23)24-16-10-5-11-17-24/h2-19,27,30H,20-21H2,1H3,(H,32,34)/t30-,31?/m0/s1. The molecule has 6 nitrogen and oxygen atoms in total. The Morgan fingerprint density at radius 3 is 2.16 bits per heavy atom. The Morgan fingerprint density at radius 1 is 1.00 bits per heavy atom. The van der Waals surface area contributed by atoms with E-state index in [1.54, 1.807) is 18.2 Å². The molecule has 0 bridgehead atoms. The number of esters is 1. The van der Waals surface area contributed by atoms with Crippen LogP contribution in [-0.4, -0.2) is 39.3 Å². The lowest BCUT2D eigenvalue weighted by atomic mass is 9.85. The first-order valence-electron chi connectivity index (χ1n) is 12.5. The minimum atomic E-state index is -1.22. The van der Waals surface area contributed by atoms with Gasteiger partial charge in [-0.15, -0.1) is 11.8 Å². The maximum absolute atomic E-state index is 13.6. The molecule has 38 heavy (non-hydrogen) atoms. The fourth-order valence-corrected chi connectivity index (χ4v) is 6.17. The van der Waals surface area contributed by atoms with Crippen LogP contribution in [0, 0.1) is 0 Å². The van der Waals surface area contributed by atoms with Gasteiger partial charge in [-0.3, -0.25) is 14.5 Å². The fourth-order valence-electron chi connectivity index (χ4n) is 4.87. The van der Waals surface area contributed by atoms with Gasteiger partial charge in [-0.1, -0.05) is 103 Å². The lowest BCUT2D eigenvalue weighted by Gasteiger charge is -2.55. The second-order valence-corrected chi connectivity index (χ2v) is 10.2. The zero-order chi connectivity index (χ0) is 26.5. The first-order chi connectivity index (χ1) is 18.5. The van der Waals surface area contributed by atoms with Crippen LogP contribution in [-0.2, 0) is 25.5 Å². The number of carbonyl (C=O) groups is 3. The van der Waals surface area contributed by atoms with Gasteiger partial charge in [-0.25, -0.2) is 4.79 Å². The molecule has 1 N–H and O–H groups in total.